The number of aromatic nitrogens is 1. The topological polar surface area (TPSA) is 49.3 Å². The van der Waals surface area contributed by atoms with E-state index in [2.05, 4.69) is 20.6 Å². The zero-order valence-electron chi connectivity index (χ0n) is 15.2. The second kappa shape index (κ2) is 12.9. The van der Waals surface area contributed by atoms with Crippen molar-refractivity contribution in [3.63, 3.8) is 0 Å². The summed E-state index contributed by atoms with van der Waals surface area (Å²) in [6.07, 6.45) is 4.65. The number of hydrogen-bond acceptors (Lipinski definition) is 3. The van der Waals surface area contributed by atoms with Crippen molar-refractivity contribution in [2.45, 2.75) is 25.6 Å². The third kappa shape index (κ3) is 7.90. The minimum Gasteiger partial charge on any atom is -0.357 e. The van der Waals surface area contributed by atoms with E-state index in [1.165, 1.54) is 6.07 Å². The molecule has 0 amide bonds. The smallest absolute Gasteiger partial charge is 0.191 e. The predicted octanol–water partition coefficient (Wildman–Crippen LogP) is 4.00. The second-order valence-electron chi connectivity index (χ2n) is 5.54. The van der Waals surface area contributed by atoms with Gasteiger partial charge in [0, 0.05) is 37.2 Å². The summed E-state index contributed by atoms with van der Waals surface area (Å²) < 4.78 is 13.4. The molecule has 0 aliphatic rings. The Kier molecular flexibility index (Phi) is 11.3. The molecule has 26 heavy (non-hydrogen) atoms. The molecule has 1 aromatic heterocycles. The van der Waals surface area contributed by atoms with E-state index >= 15 is 0 Å². The monoisotopic (exact) mass is 488 g/mol. The summed E-state index contributed by atoms with van der Waals surface area (Å²) >= 11 is 1.68. The van der Waals surface area contributed by atoms with Crippen LogP contribution in [0.1, 0.15) is 23.7 Å². The van der Waals surface area contributed by atoms with Crippen LogP contribution in [0.15, 0.2) is 47.6 Å². The number of rotatable bonds is 8. The third-order valence-corrected chi connectivity index (χ3v) is 4.22. The first-order valence-corrected chi connectivity index (χ1v) is 9.80. The van der Waals surface area contributed by atoms with Gasteiger partial charge in [0.15, 0.2) is 5.96 Å². The van der Waals surface area contributed by atoms with E-state index in [0.717, 1.165) is 48.0 Å². The van der Waals surface area contributed by atoms with Gasteiger partial charge in [0.05, 0.1) is 6.54 Å². The van der Waals surface area contributed by atoms with Crippen LogP contribution < -0.4 is 10.6 Å². The van der Waals surface area contributed by atoms with Gasteiger partial charge in [-0.15, -0.1) is 24.0 Å². The molecule has 2 N–H and O–H groups in total. The van der Waals surface area contributed by atoms with Crippen molar-refractivity contribution >= 4 is 41.7 Å². The average molecular weight is 488 g/mol. The van der Waals surface area contributed by atoms with Gasteiger partial charge in [-0.05, 0) is 48.6 Å². The molecule has 0 fully saturated rings. The van der Waals surface area contributed by atoms with Crippen LogP contribution in [0.3, 0.4) is 0 Å². The standard InChI is InChI=1S/C19H25FN4S.HI/c1-3-21-19(23-11-9-18-6-4-5-10-22-18)24-13-15-7-8-17(20)12-16(15)14-25-2;/h4-8,10,12H,3,9,11,13-14H2,1-2H3,(H2,21,23,24);1H. The number of aliphatic imine (C=N–C) groups is 1. The minimum atomic E-state index is -0.197. The second-order valence-corrected chi connectivity index (χ2v) is 6.41. The Bertz CT molecular complexity index is 682. The maximum Gasteiger partial charge on any atom is 0.191 e. The van der Waals surface area contributed by atoms with E-state index in [4.69, 9.17) is 0 Å². The van der Waals surface area contributed by atoms with E-state index in [1.807, 2.05) is 37.4 Å². The van der Waals surface area contributed by atoms with E-state index in [1.54, 1.807) is 24.0 Å². The highest BCUT2D eigenvalue weighted by atomic mass is 127. The van der Waals surface area contributed by atoms with Crippen molar-refractivity contribution in [2.24, 2.45) is 4.99 Å². The van der Waals surface area contributed by atoms with E-state index in [9.17, 15) is 4.39 Å². The zero-order chi connectivity index (χ0) is 17.9. The van der Waals surface area contributed by atoms with Gasteiger partial charge in [-0.25, -0.2) is 9.38 Å². The summed E-state index contributed by atoms with van der Waals surface area (Å²) in [4.78, 5) is 8.95. The molecule has 2 rings (SSSR count). The zero-order valence-corrected chi connectivity index (χ0v) is 18.3. The molecule has 0 aliphatic carbocycles. The van der Waals surface area contributed by atoms with Gasteiger partial charge in [0.25, 0.3) is 0 Å². The molecular weight excluding hydrogens is 462 g/mol. The lowest BCUT2D eigenvalue weighted by Crippen LogP contribution is -2.38. The average Bonchev–Trinajstić information content (AvgIpc) is 2.62. The molecule has 0 atom stereocenters. The molecule has 0 aliphatic heterocycles. The van der Waals surface area contributed by atoms with Gasteiger partial charge in [-0.2, -0.15) is 11.8 Å². The molecule has 4 nitrogen and oxygen atoms in total. The van der Waals surface area contributed by atoms with Crippen molar-refractivity contribution in [3.05, 3.63) is 65.2 Å². The molecule has 0 saturated heterocycles. The summed E-state index contributed by atoms with van der Waals surface area (Å²) in [5.74, 6) is 1.35. The van der Waals surface area contributed by atoms with E-state index in [-0.39, 0.29) is 29.8 Å². The fraction of sp³-hybridized carbons (Fsp3) is 0.368. The number of thioether (sulfide) groups is 1. The fourth-order valence-electron chi connectivity index (χ4n) is 2.40. The van der Waals surface area contributed by atoms with E-state index < -0.39 is 0 Å². The highest BCUT2D eigenvalue weighted by molar-refractivity contribution is 14.0. The predicted molar refractivity (Wildman–Crippen MR) is 120 cm³/mol. The van der Waals surface area contributed by atoms with Gasteiger partial charge in [-0.3, -0.25) is 4.98 Å². The largest absolute Gasteiger partial charge is 0.357 e. The van der Waals surface area contributed by atoms with Crippen molar-refractivity contribution in [1.82, 2.24) is 15.6 Å². The first-order chi connectivity index (χ1) is 12.2. The number of benzene rings is 1. The Balaban J connectivity index is 0.00000338. The van der Waals surface area contributed by atoms with Crippen molar-refractivity contribution in [1.29, 1.82) is 0 Å². The summed E-state index contributed by atoms with van der Waals surface area (Å²) in [6, 6.07) is 10.8. The van der Waals surface area contributed by atoms with Crippen LogP contribution in [0.25, 0.3) is 0 Å². The molecule has 2 aromatic rings. The molecule has 1 aromatic carbocycles. The van der Waals surface area contributed by atoms with Crippen LogP contribution in [0.4, 0.5) is 4.39 Å². The summed E-state index contributed by atoms with van der Waals surface area (Å²) in [5.41, 5.74) is 3.10. The molecule has 0 bridgehead atoms. The Hall–Kier alpha value is -1.35. The third-order valence-electron chi connectivity index (χ3n) is 3.62. The number of hydrogen-bond donors (Lipinski definition) is 2. The van der Waals surface area contributed by atoms with Crippen LogP contribution in [0.5, 0.6) is 0 Å². The van der Waals surface area contributed by atoms with Gasteiger partial charge in [-0.1, -0.05) is 12.1 Å². The molecule has 0 saturated carbocycles. The minimum absolute atomic E-state index is 0. The Labute approximate surface area is 176 Å². The van der Waals surface area contributed by atoms with Gasteiger partial charge < -0.3 is 10.6 Å². The Morgan fingerprint density at radius 1 is 1.19 bits per heavy atom. The Morgan fingerprint density at radius 2 is 2.04 bits per heavy atom. The maximum atomic E-state index is 13.4. The van der Waals surface area contributed by atoms with Crippen molar-refractivity contribution in [3.8, 4) is 0 Å². The molecule has 7 heteroatoms. The summed E-state index contributed by atoms with van der Waals surface area (Å²) in [7, 11) is 0. The molecule has 0 unspecified atom stereocenters. The molecule has 1 heterocycles. The van der Waals surface area contributed by atoms with E-state index in [0.29, 0.717) is 6.54 Å². The van der Waals surface area contributed by atoms with Crippen LogP contribution in [0, 0.1) is 5.82 Å². The fourth-order valence-corrected chi connectivity index (χ4v) is 2.98. The van der Waals surface area contributed by atoms with Crippen LogP contribution in [-0.2, 0) is 18.7 Å². The highest BCUT2D eigenvalue weighted by Crippen LogP contribution is 2.17. The Morgan fingerprint density at radius 3 is 2.73 bits per heavy atom. The quantitative estimate of drug-likeness (QED) is 0.335. The maximum absolute atomic E-state index is 13.4. The SMILES string of the molecule is CCNC(=NCc1ccc(F)cc1CSC)NCCc1ccccn1.I. The highest BCUT2D eigenvalue weighted by Gasteiger charge is 2.05. The molecule has 0 spiro atoms. The first kappa shape index (κ1) is 22.7. The molecular formula is C19H26FIN4S. The van der Waals surface area contributed by atoms with Gasteiger partial charge in [0.1, 0.15) is 5.82 Å². The summed E-state index contributed by atoms with van der Waals surface area (Å²) in [6.45, 7) is 4.10. The number of guanidine groups is 1. The lowest BCUT2D eigenvalue weighted by Gasteiger charge is -2.12. The van der Waals surface area contributed by atoms with Crippen molar-refractivity contribution in [2.75, 3.05) is 19.3 Å². The normalized spacial score (nSPS) is 11.0. The lowest BCUT2D eigenvalue weighted by molar-refractivity contribution is 0.625. The molecule has 142 valence electrons. The molecule has 0 radical (unpaired) electrons. The van der Waals surface area contributed by atoms with Crippen LogP contribution >= 0.6 is 35.7 Å². The van der Waals surface area contributed by atoms with Crippen molar-refractivity contribution < 1.29 is 4.39 Å². The number of pyridine rings is 1. The van der Waals surface area contributed by atoms with Crippen LogP contribution in [0.2, 0.25) is 0 Å². The first-order valence-electron chi connectivity index (χ1n) is 8.41. The lowest BCUT2D eigenvalue weighted by atomic mass is 10.1. The van der Waals surface area contributed by atoms with Crippen LogP contribution in [-0.4, -0.2) is 30.3 Å². The van der Waals surface area contributed by atoms with Gasteiger partial charge >= 0.3 is 0 Å². The number of nitrogens with zero attached hydrogens (tertiary/aromatic N) is 2. The number of nitrogens with one attached hydrogen (secondary N) is 2. The van der Waals surface area contributed by atoms with Gasteiger partial charge in [0.2, 0.25) is 0 Å². The number of halogens is 2. The summed E-state index contributed by atoms with van der Waals surface area (Å²) in [5, 5.41) is 6.56.